The topological polar surface area (TPSA) is 45.8 Å². The van der Waals surface area contributed by atoms with E-state index in [1.807, 2.05) is 48.7 Å². The number of para-hydroxylation sites is 2. The van der Waals surface area contributed by atoms with E-state index in [-0.39, 0.29) is 49.8 Å². The van der Waals surface area contributed by atoms with Crippen molar-refractivity contribution in [2.75, 3.05) is 63.8 Å². The van der Waals surface area contributed by atoms with Crippen molar-refractivity contribution < 1.29 is 31.1 Å². The molecule has 1 aromatic heterocycles. The normalized spacial score (nSPS) is 17.5. The maximum atomic E-state index is 13.8. The fraction of sp³-hybridized carbons (Fsp3) is 0.400. The molecule has 0 spiro atoms. The van der Waals surface area contributed by atoms with Gasteiger partial charge in [-0.3, -0.25) is 14.6 Å². The van der Waals surface area contributed by atoms with Crippen molar-refractivity contribution in [3.05, 3.63) is 101 Å². The van der Waals surface area contributed by atoms with Crippen molar-refractivity contribution in [2.45, 2.75) is 31.2 Å². The van der Waals surface area contributed by atoms with E-state index in [0.29, 0.717) is 31.6 Å². The van der Waals surface area contributed by atoms with Crippen LogP contribution in [-0.4, -0.2) is 90.5 Å². The van der Waals surface area contributed by atoms with Gasteiger partial charge in [-0.15, -0.1) is 37.2 Å². The molecule has 274 valence electrons. The molecule has 0 bridgehead atoms. The van der Waals surface area contributed by atoms with E-state index in [9.17, 15) is 31.1 Å². The van der Waals surface area contributed by atoms with Gasteiger partial charge in [-0.2, -0.15) is 26.3 Å². The Labute approximate surface area is 306 Å². The molecule has 6 nitrogen and oxygen atoms in total. The Morgan fingerprint density at radius 2 is 1.30 bits per heavy atom. The van der Waals surface area contributed by atoms with Crippen LogP contribution >= 0.6 is 37.2 Å². The number of hydrogen-bond acceptors (Lipinski definition) is 4. The van der Waals surface area contributed by atoms with Gasteiger partial charge >= 0.3 is 12.4 Å². The average molecular weight is 767 g/mol. The fourth-order valence-corrected chi connectivity index (χ4v) is 6.75. The van der Waals surface area contributed by atoms with Gasteiger partial charge in [0.25, 0.3) is 5.91 Å². The Hall–Kier alpha value is -3.16. The zero-order valence-corrected chi connectivity index (χ0v) is 29.5. The number of hydrogen-bond donors (Lipinski definition) is 1. The van der Waals surface area contributed by atoms with Crippen LogP contribution in [0.15, 0.2) is 79.0 Å². The third kappa shape index (κ3) is 9.79. The highest BCUT2D eigenvalue weighted by molar-refractivity contribution is 5.95. The van der Waals surface area contributed by atoms with Gasteiger partial charge in [-0.25, -0.2) is 0 Å². The SMILES string of the molecule is Cl.Cl.Cl.O=C(c1cc(C(F)(F)F)cc(C(F)(F)F)c1)N1CCN(CCCN2CCN(c3ccccc3)CC2)C[C@H]1Cc1c[nH]c2ccccc12. The standard InChI is InChI=1S/C35H37F6N5O.3ClH/c36-34(37,38)27-19-25(20-28(22-27)35(39,40)41)33(47)46-18-15-44(24-30(46)21-26-23-42-32-10-5-4-9-31(26)32)12-6-11-43-13-16-45(17-14-43)29-7-2-1-3-8-29;;;/h1-5,7-10,19-20,22-23,30,42H,6,11-18,21,24H2;3*1H/t30-;;;/m1.../s1. The highest BCUT2D eigenvalue weighted by Crippen LogP contribution is 2.37. The number of carbonyl (C=O) groups excluding carboxylic acids is 1. The number of H-pyrrole nitrogens is 1. The molecule has 2 aliphatic rings. The molecule has 1 atom stereocenters. The van der Waals surface area contributed by atoms with Crippen LogP contribution in [0, 0.1) is 0 Å². The summed E-state index contributed by atoms with van der Waals surface area (Å²) in [5.74, 6) is -0.831. The maximum Gasteiger partial charge on any atom is 0.416 e. The number of anilines is 1. The number of alkyl halides is 6. The first-order valence-corrected chi connectivity index (χ1v) is 15.9. The summed E-state index contributed by atoms with van der Waals surface area (Å²) in [5, 5.41) is 0.963. The summed E-state index contributed by atoms with van der Waals surface area (Å²) >= 11 is 0. The quantitative estimate of drug-likeness (QED) is 0.185. The van der Waals surface area contributed by atoms with Crippen LogP contribution in [0.3, 0.4) is 0 Å². The average Bonchev–Trinajstić information content (AvgIpc) is 3.47. The fourth-order valence-electron chi connectivity index (χ4n) is 6.75. The first kappa shape index (κ1) is 41.3. The highest BCUT2D eigenvalue weighted by Gasteiger charge is 2.39. The molecule has 0 aliphatic carbocycles. The molecule has 4 aromatic rings. The monoisotopic (exact) mass is 765 g/mol. The van der Waals surface area contributed by atoms with E-state index < -0.39 is 41.0 Å². The minimum Gasteiger partial charge on any atom is -0.369 e. The molecule has 0 unspecified atom stereocenters. The smallest absolute Gasteiger partial charge is 0.369 e. The summed E-state index contributed by atoms with van der Waals surface area (Å²) < 4.78 is 81.7. The maximum absolute atomic E-state index is 13.8. The minimum atomic E-state index is -5.04. The Bertz CT molecular complexity index is 1650. The number of nitrogens with one attached hydrogen (secondary N) is 1. The summed E-state index contributed by atoms with van der Waals surface area (Å²) in [4.78, 5) is 25.5. The van der Waals surface area contributed by atoms with E-state index >= 15 is 0 Å². The Balaban J connectivity index is 0.00000225. The number of halogens is 9. The van der Waals surface area contributed by atoms with Crippen molar-refractivity contribution in [3.8, 4) is 0 Å². The lowest BCUT2D eigenvalue weighted by Crippen LogP contribution is -2.56. The second-order valence-electron chi connectivity index (χ2n) is 12.3. The largest absolute Gasteiger partial charge is 0.416 e. The minimum absolute atomic E-state index is 0. The molecular formula is C35H40Cl3F6N5O. The van der Waals surface area contributed by atoms with Crippen molar-refractivity contribution in [1.29, 1.82) is 0 Å². The molecule has 15 heteroatoms. The van der Waals surface area contributed by atoms with Gasteiger partial charge in [0.2, 0.25) is 0 Å². The zero-order valence-electron chi connectivity index (χ0n) is 27.1. The molecule has 0 saturated carbocycles. The van der Waals surface area contributed by atoms with E-state index in [2.05, 4.69) is 31.8 Å². The highest BCUT2D eigenvalue weighted by atomic mass is 35.5. The van der Waals surface area contributed by atoms with Crippen LogP contribution in [0.4, 0.5) is 32.0 Å². The number of benzene rings is 3. The molecule has 3 aromatic carbocycles. The van der Waals surface area contributed by atoms with Crippen molar-refractivity contribution >= 4 is 59.7 Å². The van der Waals surface area contributed by atoms with E-state index in [0.717, 1.165) is 62.2 Å². The summed E-state index contributed by atoms with van der Waals surface area (Å²) in [7, 11) is 0. The van der Waals surface area contributed by atoms with Gasteiger partial charge in [-0.05, 0) is 67.9 Å². The molecule has 2 fully saturated rings. The van der Waals surface area contributed by atoms with Crippen LogP contribution in [-0.2, 0) is 18.8 Å². The summed E-state index contributed by atoms with van der Waals surface area (Å²) in [6.45, 7) is 6.62. The van der Waals surface area contributed by atoms with Gasteiger partial charge in [0.1, 0.15) is 0 Å². The molecule has 50 heavy (non-hydrogen) atoms. The third-order valence-electron chi connectivity index (χ3n) is 9.24. The Morgan fingerprint density at radius 1 is 0.720 bits per heavy atom. The molecule has 6 rings (SSSR count). The van der Waals surface area contributed by atoms with E-state index in [1.165, 1.54) is 10.6 Å². The summed E-state index contributed by atoms with van der Waals surface area (Å²) in [5.41, 5.74) is -0.534. The second-order valence-corrected chi connectivity index (χ2v) is 12.3. The van der Waals surface area contributed by atoms with Crippen LogP contribution < -0.4 is 4.90 Å². The lowest BCUT2D eigenvalue weighted by atomic mass is 9.98. The summed E-state index contributed by atoms with van der Waals surface area (Å²) in [6.07, 6.45) is -6.91. The predicted octanol–water partition coefficient (Wildman–Crippen LogP) is 8.05. The number of nitrogens with zero attached hydrogens (tertiary/aromatic N) is 4. The number of fused-ring (bicyclic) bond motifs is 1. The van der Waals surface area contributed by atoms with Crippen LogP contribution in [0.2, 0.25) is 0 Å². The third-order valence-corrected chi connectivity index (χ3v) is 9.24. The van der Waals surface area contributed by atoms with Gasteiger partial charge < -0.3 is 14.8 Å². The molecule has 2 aliphatic heterocycles. The van der Waals surface area contributed by atoms with Crippen molar-refractivity contribution in [3.63, 3.8) is 0 Å². The molecule has 1 N–H and O–H groups in total. The van der Waals surface area contributed by atoms with Crippen molar-refractivity contribution in [2.24, 2.45) is 0 Å². The van der Waals surface area contributed by atoms with Gasteiger partial charge in [0.15, 0.2) is 0 Å². The Morgan fingerprint density at radius 3 is 1.94 bits per heavy atom. The number of aromatic amines is 1. The van der Waals surface area contributed by atoms with Crippen LogP contribution in [0.5, 0.6) is 0 Å². The molecule has 2 saturated heterocycles. The van der Waals surface area contributed by atoms with Crippen molar-refractivity contribution in [1.82, 2.24) is 19.7 Å². The predicted molar refractivity (Wildman–Crippen MR) is 191 cm³/mol. The Kier molecular flexibility index (Phi) is 14.3. The number of amides is 1. The molecule has 3 heterocycles. The van der Waals surface area contributed by atoms with Gasteiger partial charge in [0.05, 0.1) is 11.1 Å². The lowest BCUT2D eigenvalue weighted by molar-refractivity contribution is -0.143. The number of carbonyl (C=O) groups is 1. The molecule has 1 amide bonds. The number of piperazine rings is 2. The molecule has 0 radical (unpaired) electrons. The van der Waals surface area contributed by atoms with Crippen LogP contribution in [0.1, 0.15) is 33.5 Å². The first-order chi connectivity index (χ1) is 22.5. The van der Waals surface area contributed by atoms with Crippen LogP contribution in [0.25, 0.3) is 10.9 Å². The first-order valence-electron chi connectivity index (χ1n) is 15.9. The molecular weight excluding hydrogens is 727 g/mol. The second kappa shape index (κ2) is 17.4. The zero-order chi connectivity index (χ0) is 33.2. The van der Waals surface area contributed by atoms with E-state index in [1.54, 1.807) is 0 Å². The van der Waals surface area contributed by atoms with E-state index in [4.69, 9.17) is 0 Å². The lowest BCUT2D eigenvalue weighted by Gasteiger charge is -2.42. The number of aromatic nitrogens is 1. The van der Waals surface area contributed by atoms with Gasteiger partial charge in [0, 0.05) is 80.2 Å². The number of rotatable bonds is 8. The van der Waals surface area contributed by atoms with Gasteiger partial charge in [-0.1, -0.05) is 36.4 Å². The summed E-state index contributed by atoms with van der Waals surface area (Å²) in [6, 6.07) is 18.7.